The summed E-state index contributed by atoms with van der Waals surface area (Å²) in [6.45, 7) is 7.90. The van der Waals surface area contributed by atoms with Crippen LogP contribution in [0, 0.1) is 5.92 Å². The predicted octanol–water partition coefficient (Wildman–Crippen LogP) is 4.57. The Hall–Kier alpha value is -0.510. The minimum absolute atomic E-state index is 0.642. The molecule has 1 unspecified atom stereocenters. The van der Waals surface area contributed by atoms with E-state index in [9.17, 15) is 0 Å². The fourth-order valence-electron chi connectivity index (χ4n) is 2.35. The molecule has 4 heteroatoms. The Labute approximate surface area is 128 Å². The molecule has 0 saturated carbocycles. The molecule has 20 heavy (non-hydrogen) atoms. The first kappa shape index (κ1) is 17.5. The monoisotopic (exact) mass is 297 g/mol. The van der Waals surface area contributed by atoms with Crippen molar-refractivity contribution in [1.82, 2.24) is 15.0 Å². The highest BCUT2D eigenvalue weighted by Gasteiger charge is 2.08. The lowest BCUT2D eigenvalue weighted by Gasteiger charge is -2.10. The fraction of sp³-hybridized carbons (Fsp3) is 0.875. The first-order valence-electron chi connectivity index (χ1n) is 8.03. The number of unbranched alkanes of at least 4 members (excludes halogenated alkanes) is 4. The summed E-state index contributed by atoms with van der Waals surface area (Å²) >= 11 is 1.90. The van der Waals surface area contributed by atoms with Crippen molar-refractivity contribution >= 4 is 11.8 Å². The zero-order valence-corrected chi connectivity index (χ0v) is 14.5. The van der Waals surface area contributed by atoms with Crippen LogP contribution in [0.15, 0.2) is 6.20 Å². The number of nitrogens with zero attached hydrogens (tertiary/aromatic N) is 3. The smallest absolute Gasteiger partial charge is 0.0725 e. The van der Waals surface area contributed by atoms with Crippen molar-refractivity contribution in [2.45, 2.75) is 77.5 Å². The lowest BCUT2D eigenvalue weighted by molar-refractivity contribution is 0.483. The molecule has 0 aliphatic heterocycles. The molecule has 0 aliphatic carbocycles. The summed E-state index contributed by atoms with van der Waals surface area (Å²) in [4.78, 5) is 0. The number of thioether (sulfide) groups is 1. The van der Waals surface area contributed by atoms with Gasteiger partial charge in [-0.15, -0.1) is 5.10 Å². The van der Waals surface area contributed by atoms with Gasteiger partial charge >= 0.3 is 0 Å². The molecule has 0 N–H and O–H groups in total. The van der Waals surface area contributed by atoms with E-state index in [1.807, 2.05) is 18.0 Å². The molecule has 1 rings (SSSR count). The highest BCUT2D eigenvalue weighted by Crippen LogP contribution is 2.14. The van der Waals surface area contributed by atoms with Gasteiger partial charge in [0, 0.05) is 18.2 Å². The zero-order chi connectivity index (χ0) is 14.8. The van der Waals surface area contributed by atoms with Gasteiger partial charge in [0.15, 0.2) is 0 Å². The predicted molar refractivity (Wildman–Crippen MR) is 89.2 cm³/mol. The van der Waals surface area contributed by atoms with Crippen LogP contribution in [0.4, 0.5) is 0 Å². The van der Waals surface area contributed by atoms with E-state index in [2.05, 4.69) is 42.0 Å². The molecule has 0 amide bonds. The molecule has 1 aromatic heterocycles. The van der Waals surface area contributed by atoms with Crippen LogP contribution in [0.3, 0.4) is 0 Å². The Morgan fingerprint density at radius 1 is 1.10 bits per heavy atom. The average Bonchev–Trinajstić information content (AvgIpc) is 2.84. The van der Waals surface area contributed by atoms with E-state index in [4.69, 9.17) is 0 Å². The lowest BCUT2D eigenvalue weighted by atomic mass is 10.0. The van der Waals surface area contributed by atoms with Crippen molar-refractivity contribution in [3.05, 3.63) is 11.9 Å². The minimum Gasteiger partial charge on any atom is -0.249 e. The van der Waals surface area contributed by atoms with Crippen molar-refractivity contribution in [3.63, 3.8) is 0 Å². The van der Waals surface area contributed by atoms with Gasteiger partial charge in [-0.25, -0.2) is 4.68 Å². The Kier molecular flexibility index (Phi) is 8.99. The Bertz CT molecular complexity index is 349. The van der Waals surface area contributed by atoms with Gasteiger partial charge in [0.25, 0.3) is 0 Å². The molecule has 0 spiro atoms. The van der Waals surface area contributed by atoms with Gasteiger partial charge in [0.1, 0.15) is 0 Å². The van der Waals surface area contributed by atoms with Crippen molar-refractivity contribution in [1.29, 1.82) is 0 Å². The van der Waals surface area contributed by atoms with Gasteiger partial charge in [-0.05, 0) is 18.6 Å². The largest absolute Gasteiger partial charge is 0.249 e. The van der Waals surface area contributed by atoms with Crippen LogP contribution in [0.2, 0.25) is 0 Å². The number of hydrogen-bond donors (Lipinski definition) is 0. The Morgan fingerprint density at radius 3 is 2.50 bits per heavy atom. The van der Waals surface area contributed by atoms with Crippen LogP contribution < -0.4 is 0 Å². The summed E-state index contributed by atoms with van der Waals surface area (Å²) in [6, 6.07) is 0. The van der Waals surface area contributed by atoms with Crippen molar-refractivity contribution in [3.8, 4) is 0 Å². The maximum atomic E-state index is 4.22. The second-order valence-corrected chi connectivity index (χ2v) is 7.43. The summed E-state index contributed by atoms with van der Waals surface area (Å²) in [5.74, 6) is 0.853. The average molecular weight is 298 g/mol. The summed E-state index contributed by atoms with van der Waals surface area (Å²) in [5.41, 5.74) is 1.28. The van der Waals surface area contributed by atoms with E-state index < -0.39 is 0 Å². The van der Waals surface area contributed by atoms with Crippen LogP contribution in [-0.2, 0) is 13.0 Å². The molecular formula is C16H31N3S. The molecule has 1 aromatic rings. The summed E-state index contributed by atoms with van der Waals surface area (Å²) in [6.07, 6.45) is 13.2. The molecule has 116 valence electrons. The standard InChI is InChI=1S/C16H31N3S/c1-14(2)10-8-6-5-7-9-11-19-16(13-17-18-19)12-15(3)20-4/h13-15H,5-12H2,1-4H3. The number of aromatic nitrogens is 3. The number of hydrogen-bond acceptors (Lipinski definition) is 3. The van der Waals surface area contributed by atoms with Crippen molar-refractivity contribution in [2.75, 3.05) is 6.26 Å². The van der Waals surface area contributed by atoms with E-state index >= 15 is 0 Å². The van der Waals surface area contributed by atoms with Crippen LogP contribution in [0.5, 0.6) is 0 Å². The molecular weight excluding hydrogens is 266 g/mol. The third-order valence-corrected chi connectivity index (χ3v) is 4.72. The zero-order valence-electron chi connectivity index (χ0n) is 13.6. The topological polar surface area (TPSA) is 30.7 Å². The molecule has 1 heterocycles. The van der Waals surface area contributed by atoms with Crippen LogP contribution >= 0.6 is 11.8 Å². The molecule has 3 nitrogen and oxygen atoms in total. The van der Waals surface area contributed by atoms with Gasteiger partial charge in [-0.2, -0.15) is 11.8 Å². The van der Waals surface area contributed by atoms with E-state index in [1.54, 1.807) is 0 Å². The summed E-state index contributed by atoms with van der Waals surface area (Å²) < 4.78 is 2.10. The minimum atomic E-state index is 0.642. The van der Waals surface area contributed by atoms with Gasteiger partial charge in [0.2, 0.25) is 0 Å². The van der Waals surface area contributed by atoms with Gasteiger partial charge in [-0.3, -0.25) is 0 Å². The van der Waals surface area contributed by atoms with E-state index in [0.717, 1.165) is 18.9 Å². The first-order chi connectivity index (χ1) is 9.63. The maximum Gasteiger partial charge on any atom is 0.0725 e. The molecule has 0 radical (unpaired) electrons. The molecule has 0 aromatic carbocycles. The van der Waals surface area contributed by atoms with E-state index in [0.29, 0.717) is 5.25 Å². The van der Waals surface area contributed by atoms with E-state index in [-0.39, 0.29) is 0 Å². The van der Waals surface area contributed by atoms with E-state index in [1.165, 1.54) is 44.2 Å². The second-order valence-electron chi connectivity index (χ2n) is 6.15. The molecule has 0 bridgehead atoms. The Morgan fingerprint density at radius 2 is 1.80 bits per heavy atom. The summed E-state index contributed by atoms with van der Waals surface area (Å²) in [5, 5.41) is 8.92. The highest BCUT2D eigenvalue weighted by atomic mass is 32.2. The van der Waals surface area contributed by atoms with Gasteiger partial charge in [-0.1, -0.05) is 58.1 Å². The SMILES string of the molecule is CSC(C)Cc1cnnn1CCCCCCCC(C)C. The lowest BCUT2D eigenvalue weighted by Crippen LogP contribution is -2.10. The van der Waals surface area contributed by atoms with Crippen molar-refractivity contribution in [2.24, 2.45) is 5.92 Å². The molecule has 0 saturated heterocycles. The third-order valence-electron chi connectivity index (χ3n) is 3.75. The summed E-state index contributed by atoms with van der Waals surface area (Å²) in [7, 11) is 0. The molecule has 1 atom stereocenters. The fourth-order valence-corrected chi connectivity index (χ4v) is 2.69. The first-order valence-corrected chi connectivity index (χ1v) is 9.32. The normalized spacial score (nSPS) is 13.1. The Balaban J connectivity index is 2.14. The quantitative estimate of drug-likeness (QED) is 0.561. The van der Waals surface area contributed by atoms with Gasteiger partial charge < -0.3 is 0 Å². The maximum absolute atomic E-state index is 4.22. The second kappa shape index (κ2) is 10.3. The van der Waals surface area contributed by atoms with Crippen molar-refractivity contribution < 1.29 is 0 Å². The highest BCUT2D eigenvalue weighted by molar-refractivity contribution is 7.99. The van der Waals surface area contributed by atoms with Crippen LogP contribution in [0.1, 0.15) is 65.0 Å². The molecule has 0 aliphatic rings. The number of aryl methyl sites for hydroxylation is 1. The van der Waals surface area contributed by atoms with Gasteiger partial charge in [0.05, 0.1) is 11.9 Å². The van der Waals surface area contributed by atoms with Crippen LogP contribution in [0.25, 0.3) is 0 Å². The molecule has 0 fully saturated rings. The van der Waals surface area contributed by atoms with Crippen LogP contribution in [-0.4, -0.2) is 26.5 Å². The number of rotatable bonds is 11. The third kappa shape index (κ3) is 7.32.